The quantitative estimate of drug-likeness (QED) is 0.116. The zero-order chi connectivity index (χ0) is 32.6. The summed E-state index contributed by atoms with van der Waals surface area (Å²) in [7, 11) is 1.73. The molecule has 2 rings (SSSR count). The van der Waals surface area contributed by atoms with Gasteiger partial charge in [0, 0.05) is 43.0 Å². The van der Waals surface area contributed by atoms with Crippen molar-refractivity contribution in [2.45, 2.75) is 106 Å². The number of methoxy groups -OCH3 is 1. The Kier molecular flexibility index (Phi) is 22.9. The Morgan fingerprint density at radius 3 is 2.37 bits per heavy atom. The number of unbranched alkanes of at least 4 members (excludes halogenated alkanes) is 1. The molecular formula is C36H56N2O4S. The van der Waals surface area contributed by atoms with Crippen LogP contribution in [0.4, 0.5) is 0 Å². The zero-order valence-corrected chi connectivity index (χ0v) is 29.0. The van der Waals surface area contributed by atoms with E-state index in [9.17, 15) is 9.59 Å². The SMILES string of the molecule is C=C\C=C/C(=C(\C)CCC)C(=C\C)/c1csc(-c2cc(C(C)=O)c[nH]c2=O)n1.CCC.CCCCOC(CC)CCOC. The van der Waals surface area contributed by atoms with Gasteiger partial charge in [0.25, 0.3) is 5.56 Å². The number of ether oxygens (including phenoxy) is 2. The molecule has 0 saturated heterocycles. The van der Waals surface area contributed by atoms with Crippen LogP contribution in [0, 0.1) is 0 Å². The normalized spacial score (nSPS) is 12.5. The van der Waals surface area contributed by atoms with Crippen LogP contribution >= 0.6 is 11.3 Å². The summed E-state index contributed by atoms with van der Waals surface area (Å²) in [6, 6.07) is 1.61. The number of H-pyrrole nitrogens is 1. The van der Waals surface area contributed by atoms with Gasteiger partial charge in [0.1, 0.15) is 5.01 Å². The number of nitrogens with zero attached hydrogens (tertiary/aromatic N) is 1. The molecule has 0 saturated carbocycles. The van der Waals surface area contributed by atoms with Crippen LogP contribution < -0.4 is 5.56 Å². The maximum atomic E-state index is 12.3. The monoisotopic (exact) mass is 612 g/mol. The largest absolute Gasteiger partial charge is 0.385 e. The fraction of sp³-hybridized carbons (Fsp3) is 0.528. The molecule has 0 aliphatic rings. The van der Waals surface area contributed by atoms with Gasteiger partial charge in [0.15, 0.2) is 5.78 Å². The lowest BCUT2D eigenvalue weighted by molar-refractivity contribution is 0.0258. The molecule has 2 aromatic rings. The van der Waals surface area contributed by atoms with Crippen molar-refractivity contribution in [3.8, 4) is 10.6 Å². The second-order valence-corrected chi connectivity index (χ2v) is 11.1. The first-order chi connectivity index (χ1) is 20.7. The third-order valence-corrected chi connectivity index (χ3v) is 7.21. The molecule has 7 heteroatoms. The van der Waals surface area contributed by atoms with Crippen LogP contribution in [0.2, 0.25) is 0 Å². The molecule has 0 amide bonds. The number of hydrogen-bond donors (Lipinski definition) is 1. The van der Waals surface area contributed by atoms with Gasteiger partial charge in [-0.15, -0.1) is 11.3 Å². The molecule has 1 atom stereocenters. The van der Waals surface area contributed by atoms with Gasteiger partial charge in [-0.05, 0) is 58.1 Å². The molecule has 0 spiro atoms. The van der Waals surface area contributed by atoms with Crippen molar-refractivity contribution >= 4 is 22.7 Å². The molecule has 2 heterocycles. The average Bonchev–Trinajstić information content (AvgIpc) is 3.47. The highest BCUT2D eigenvalue weighted by molar-refractivity contribution is 7.13. The summed E-state index contributed by atoms with van der Waals surface area (Å²) in [5.74, 6) is -0.0987. The summed E-state index contributed by atoms with van der Waals surface area (Å²) < 4.78 is 10.7. The molecule has 43 heavy (non-hydrogen) atoms. The number of Topliss-reactive ketones (excluding diaryl/α,β-unsaturated/α-hetero) is 1. The summed E-state index contributed by atoms with van der Waals surface area (Å²) in [6.07, 6.45) is 17.4. The number of carbonyl (C=O) groups excluding carboxylic acids is 1. The van der Waals surface area contributed by atoms with E-state index in [0.717, 1.165) is 55.7 Å². The lowest BCUT2D eigenvalue weighted by Gasteiger charge is -2.14. The Bertz CT molecular complexity index is 1220. The minimum Gasteiger partial charge on any atom is -0.385 e. The Hall–Kier alpha value is -2.87. The van der Waals surface area contributed by atoms with E-state index in [-0.39, 0.29) is 11.3 Å². The van der Waals surface area contributed by atoms with E-state index in [0.29, 0.717) is 22.2 Å². The molecule has 1 unspecified atom stereocenters. The Morgan fingerprint density at radius 2 is 1.84 bits per heavy atom. The number of carbonyl (C=O) groups is 1. The number of pyridine rings is 1. The van der Waals surface area contributed by atoms with Crippen LogP contribution in [0.25, 0.3) is 16.1 Å². The average molecular weight is 613 g/mol. The van der Waals surface area contributed by atoms with Gasteiger partial charge in [-0.1, -0.05) is 90.3 Å². The second-order valence-electron chi connectivity index (χ2n) is 10.2. The molecule has 1 N–H and O–H groups in total. The van der Waals surface area contributed by atoms with Crippen LogP contribution in [0.3, 0.4) is 0 Å². The first-order valence-electron chi connectivity index (χ1n) is 15.6. The Labute approximate surface area is 265 Å². The van der Waals surface area contributed by atoms with Gasteiger partial charge in [0.2, 0.25) is 0 Å². The molecule has 0 aliphatic carbocycles. The van der Waals surface area contributed by atoms with Crippen LogP contribution in [0.5, 0.6) is 0 Å². The lowest BCUT2D eigenvalue weighted by atomic mass is 9.95. The lowest BCUT2D eigenvalue weighted by Crippen LogP contribution is -2.14. The van der Waals surface area contributed by atoms with Crippen molar-refractivity contribution in [1.82, 2.24) is 9.97 Å². The fourth-order valence-electron chi connectivity index (χ4n) is 3.99. The maximum Gasteiger partial charge on any atom is 0.258 e. The number of allylic oxidation sites excluding steroid dienone is 7. The molecule has 0 bridgehead atoms. The van der Waals surface area contributed by atoms with E-state index in [1.54, 1.807) is 19.3 Å². The number of aromatic nitrogens is 2. The molecular weight excluding hydrogens is 556 g/mol. The van der Waals surface area contributed by atoms with Crippen LogP contribution in [0.1, 0.15) is 116 Å². The van der Waals surface area contributed by atoms with Crippen LogP contribution in [-0.2, 0) is 9.47 Å². The van der Waals surface area contributed by atoms with Gasteiger partial charge in [-0.25, -0.2) is 4.98 Å². The zero-order valence-electron chi connectivity index (χ0n) is 28.2. The van der Waals surface area contributed by atoms with Crippen molar-refractivity contribution < 1.29 is 14.3 Å². The number of hydrogen-bond acceptors (Lipinski definition) is 6. The highest BCUT2D eigenvalue weighted by atomic mass is 32.1. The molecule has 0 fully saturated rings. The van der Waals surface area contributed by atoms with Gasteiger partial charge in [-0.2, -0.15) is 0 Å². The molecule has 240 valence electrons. The van der Waals surface area contributed by atoms with Crippen molar-refractivity contribution in [3.63, 3.8) is 0 Å². The minimum absolute atomic E-state index is 0.0987. The maximum absolute atomic E-state index is 12.3. The first kappa shape index (κ1) is 40.1. The molecule has 2 aromatic heterocycles. The fourth-order valence-corrected chi connectivity index (χ4v) is 4.83. The van der Waals surface area contributed by atoms with E-state index in [1.165, 1.54) is 49.3 Å². The molecule has 0 radical (unpaired) electrons. The number of ketones is 1. The second kappa shape index (κ2) is 24.6. The van der Waals surface area contributed by atoms with E-state index < -0.39 is 0 Å². The topological polar surface area (TPSA) is 81.3 Å². The van der Waals surface area contributed by atoms with Crippen molar-refractivity contribution in [3.05, 3.63) is 81.3 Å². The highest BCUT2D eigenvalue weighted by Gasteiger charge is 2.15. The van der Waals surface area contributed by atoms with E-state index >= 15 is 0 Å². The smallest absolute Gasteiger partial charge is 0.258 e. The number of thiazole rings is 1. The Morgan fingerprint density at radius 1 is 1.14 bits per heavy atom. The first-order valence-corrected chi connectivity index (χ1v) is 16.5. The van der Waals surface area contributed by atoms with Gasteiger partial charge in [-0.3, -0.25) is 9.59 Å². The Balaban J connectivity index is 0.000000982. The minimum atomic E-state index is -0.252. The summed E-state index contributed by atoms with van der Waals surface area (Å²) in [4.78, 5) is 31.3. The van der Waals surface area contributed by atoms with Crippen molar-refractivity contribution in [2.24, 2.45) is 0 Å². The molecule has 6 nitrogen and oxygen atoms in total. The van der Waals surface area contributed by atoms with Crippen molar-refractivity contribution in [1.29, 1.82) is 0 Å². The predicted octanol–water partition coefficient (Wildman–Crippen LogP) is 10.00. The van der Waals surface area contributed by atoms with E-state index in [1.807, 2.05) is 24.5 Å². The van der Waals surface area contributed by atoms with Gasteiger partial charge >= 0.3 is 0 Å². The third kappa shape index (κ3) is 15.4. The number of rotatable bonds is 16. The summed E-state index contributed by atoms with van der Waals surface area (Å²) >= 11 is 1.40. The van der Waals surface area contributed by atoms with Crippen LogP contribution in [0.15, 0.2) is 64.5 Å². The number of nitrogens with one attached hydrogen (secondary N) is 1. The van der Waals surface area contributed by atoms with Crippen LogP contribution in [-0.4, -0.2) is 42.2 Å². The highest BCUT2D eigenvalue weighted by Crippen LogP contribution is 2.32. The summed E-state index contributed by atoms with van der Waals surface area (Å²) in [5, 5.41) is 2.55. The van der Waals surface area contributed by atoms with Gasteiger partial charge < -0.3 is 14.5 Å². The van der Waals surface area contributed by atoms with Crippen molar-refractivity contribution in [2.75, 3.05) is 20.3 Å². The van der Waals surface area contributed by atoms with E-state index in [4.69, 9.17) is 14.5 Å². The molecule has 0 aromatic carbocycles. The predicted molar refractivity (Wildman–Crippen MR) is 186 cm³/mol. The summed E-state index contributed by atoms with van der Waals surface area (Å²) in [6.45, 7) is 21.8. The van der Waals surface area contributed by atoms with E-state index in [2.05, 4.69) is 59.2 Å². The molecule has 0 aliphatic heterocycles. The third-order valence-electron chi connectivity index (χ3n) is 6.33. The summed E-state index contributed by atoms with van der Waals surface area (Å²) in [5.41, 5.74) is 4.85. The standard InChI is InChI=1S/C23H26N2O2S.C10H22O2.C3H8/c1-6-9-11-19(15(4)10-7-2)18(8-3)21-14-28-23(25-21)20-12-17(16(5)26)13-24-22(20)27;1-4-6-8-12-10(5-2)7-9-11-3;1-3-2/h6,8-9,11-14H,1,7,10H2,2-5H3,(H,24,27);10H,4-9H2,1-3H3;3H2,1-2H3/b11-9-,18-8+,19-15-;;. The van der Waals surface area contributed by atoms with Gasteiger partial charge in [0.05, 0.1) is 17.4 Å². The number of aromatic amines is 1.